The molecule has 0 saturated heterocycles. The van der Waals surface area contributed by atoms with Gasteiger partial charge in [0.05, 0.1) is 0 Å². The van der Waals surface area contributed by atoms with Gasteiger partial charge in [0.15, 0.2) is 0 Å². The fourth-order valence-corrected chi connectivity index (χ4v) is 2.68. The van der Waals surface area contributed by atoms with Gasteiger partial charge in [0, 0.05) is 24.7 Å². The van der Waals surface area contributed by atoms with Gasteiger partial charge in [0.2, 0.25) is 0 Å². The number of H-pyrrole nitrogens is 1. The summed E-state index contributed by atoms with van der Waals surface area (Å²) in [7, 11) is 8.22. The summed E-state index contributed by atoms with van der Waals surface area (Å²) in [6, 6.07) is 5.73. The van der Waals surface area contributed by atoms with Gasteiger partial charge in [-0.1, -0.05) is 0 Å². The molecule has 2 heterocycles. The van der Waals surface area contributed by atoms with Crippen LogP contribution in [0.3, 0.4) is 0 Å². The Labute approximate surface area is 144 Å². The van der Waals surface area contributed by atoms with Gasteiger partial charge in [-0.25, -0.2) is 4.98 Å². The molecule has 1 N–H and O–H groups in total. The van der Waals surface area contributed by atoms with Crippen molar-refractivity contribution >= 4 is 16.9 Å². The van der Waals surface area contributed by atoms with Gasteiger partial charge in [-0.05, 0) is 72.3 Å². The molecule has 0 atom stereocenters. The molecule has 2 rings (SSSR count). The molecule has 0 aliphatic rings. The monoisotopic (exact) mass is 331 g/mol. The number of rotatable bonds is 9. The van der Waals surface area contributed by atoms with Crippen LogP contribution in [0, 0.1) is 0 Å². The van der Waals surface area contributed by atoms with Gasteiger partial charge in [-0.2, -0.15) is 0 Å². The third-order valence-corrected chi connectivity index (χ3v) is 3.98. The standard InChI is InChI=1S/C18H29N5O/c1-21(2)11-5-13-23(14-6-12-22(3)4)18(24)16-8-7-15-9-10-19-17(15)20-16/h7-10H,5-6,11-14H2,1-4H3,(H,19,20). The molecular weight excluding hydrogens is 302 g/mol. The minimum Gasteiger partial charge on any atom is -0.346 e. The van der Waals surface area contributed by atoms with E-state index in [-0.39, 0.29) is 5.91 Å². The van der Waals surface area contributed by atoms with Crippen molar-refractivity contribution in [3.8, 4) is 0 Å². The number of carbonyl (C=O) groups is 1. The average molecular weight is 331 g/mol. The highest BCUT2D eigenvalue weighted by molar-refractivity contribution is 5.94. The Morgan fingerprint density at radius 1 is 0.958 bits per heavy atom. The van der Waals surface area contributed by atoms with E-state index in [1.807, 2.05) is 29.3 Å². The van der Waals surface area contributed by atoms with Crippen molar-refractivity contribution in [2.75, 3.05) is 54.4 Å². The third-order valence-electron chi connectivity index (χ3n) is 3.98. The van der Waals surface area contributed by atoms with Crippen molar-refractivity contribution in [3.63, 3.8) is 0 Å². The smallest absolute Gasteiger partial charge is 0.272 e. The molecule has 2 aromatic rings. The fourth-order valence-electron chi connectivity index (χ4n) is 2.68. The lowest BCUT2D eigenvalue weighted by Gasteiger charge is -2.24. The highest BCUT2D eigenvalue weighted by Crippen LogP contribution is 2.12. The maximum Gasteiger partial charge on any atom is 0.272 e. The molecule has 0 aliphatic carbocycles. The Morgan fingerprint density at radius 3 is 2.17 bits per heavy atom. The van der Waals surface area contributed by atoms with Crippen molar-refractivity contribution in [2.24, 2.45) is 0 Å². The van der Waals surface area contributed by atoms with E-state index < -0.39 is 0 Å². The van der Waals surface area contributed by atoms with Crippen LogP contribution in [0.1, 0.15) is 23.3 Å². The van der Waals surface area contributed by atoms with Gasteiger partial charge in [-0.15, -0.1) is 0 Å². The predicted octanol–water partition coefficient (Wildman–Crippen LogP) is 1.91. The van der Waals surface area contributed by atoms with Crippen LogP contribution in [-0.4, -0.2) is 84.9 Å². The number of carbonyl (C=O) groups excluding carboxylic acids is 1. The number of hydrogen-bond donors (Lipinski definition) is 1. The highest BCUT2D eigenvalue weighted by atomic mass is 16.2. The molecule has 0 saturated carbocycles. The second-order valence-electron chi connectivity index (χ2n) is 6.72. The zero-order chi connectivity index (χ0) is 17.5. The minimum absolute atomic E-state index is 0.0176. The normalized spacial score (nSPS) is 11.6. The highest BCUT2D eigenvalue weighted by Gasteiger charge is 2.17. The van der Waals surface area contributed by atoms with E-state index in [1.54, 1.807) is 0 Å². The van der Waals surface area contributed by atoms with Gasteiger partial charge >= 0.3 is 0 Å². The number of fused-ring (bicyclic) bond motifs is 1. The lowest BCUT2D eigenvalue weighted by Crippen LogP contribution is -2.36. The first-order valence-electron chi connectivity index (χ1n) is 8.50. The number of pyridine rings is 1. The van der Waals surface area contributed by atoms with E-state index in [0.717, 1.165) is 50.1 Å². The maximum atomic E-state index is 12.9. The number of aromatic amines is 1. The van der Waals surface area contributed by atoms with Crippen LogP contribution in [0.4, 0.5) is 0 Å². The zero-order valence-electron chi connectivity index (χ0n) is 15.2. The summed E-state index contributed by atoms with van der Waals surface area (Å²) < 4.78 is 0. The second kappa shape index (κ2) is 8.80. The van der Waals surface area contributed by atoms with E-state index in [4.69, 9.17) is 0 Å². The van der Waals surface area contributed by atoms with Gasteiger partial charge < -0.3 is 19.7 Å². The van der Waals surface area contributed by atoms with Crippen molar-refractivity contribution in [1.82, 2.24) is 24.7 Å². The van der Waals surface area contributed by atoms with Crippen LogP contribution in [-0.2, 0) is 0 Å². The topological polar surface area (TPSA) is 55.5 Å². The molecule has 0 fully saturated rings. The lowest BCUT2D eigenvalue weighted by molar-refractivity contribution is 0.0739. The number of nitrogens with one attached hydrogen (secondary N) is 1. The summed E-state index contributed by atoms with van der Waals surface area (Å²) in [6.07, 6.45) is 3.77. The predicted molar refractivity (Wildman–Crippen MR) is 98.3 cm³/mol. The fraction of sp³-hybridized carbons (Fsp3) is 0.556. The summed E-state index contributed by atoms with van der Waals surface area (Å²) >= 11 is 0. The van der Waals surface area contributed by atoms with E-state index in [0.29, 0.717) is 5.69 Å². The first kappa shape index (κ1) is 18.4. The summed E-state index contributed by atoms with van der Waals surface area (Å²) in [5.41, 5.74) is 1.28. The van der Waals surface area contributed by atoms with Gasteiger partial charge in [0.1, 0.15) is 11.3 Å². The average Bonchev–Trinajstić information content (AvgIpc) is 2.99. The molecule has 0 radical (unpaired) electrons. The third kappa shape index (κ3) is 5.32. The maximum absolute atomic E-state index is 12.9. The molecule has 2 aromatic heterocycles. The van der Waals surface area contributed by atoms with E-state index in [1.165, 1.54) is 0 Å². The molecule has 0 bridgehead atoms. The molecule has 0 aromatic carbocycles. The Kier molecular flexibility index (Phi) is 6.75. The molecule has 6 heteroatoms. The van der Waals surface area contributed by atoms with E-state index in [9.17, 15) is 4.79 Å². The molecule has 132 valence electrons. The van der Waals surface area contributed by atoms with Crippen molar-refractivity contribution < 1.29 is 4.79 Å². The van der Waals surface area contributed by atoms with Crippen LogP contribution in [0.25, 0.3) is 11.0 Å². The largest absolute Gasteiger partial charge is 0.346 e. The van der Waals surface area contributed by atoms with Crippen LogP contribution < -0.4 is 0 Å². The summed E-state index contributed by atoms with van der Waals surface area (Å²) in [4.78, 5) is 26.7. The Morgan fingerprint density at radius 2 is 1.58 bits per heavy atom. The summed E-state index contributed by atoms with van der Waals surface area (Å²) in [5, 5.41) is 1.03. The van der Waals surface area contributed by atoms with Crippen LogP contribution in [0.5, 0.6) is 0 Å². The Balaban J connectivity index is 2.05. The van der Waals surface area contributed by atoms with Gasteiger partial charge in [-0.3, -0.25) is 4.79 Å². The molecule has 0 unspecified atom stereocenters. The minimum atomic E-state index is 0.0176. The van der Waals surface area contributed by atoms with Crippen LogP contribution in [0.2, 0.25) is 0 Å². The molecule has 6 nitrogen and oxygen atoms in total. The van der Waals surface area contributed by atoms with Crippen molar-refractivity contribution in [2.45, 2.75) is 12.8 Å². The quantitative estimate of drug-likeness (QED) is 0.763. The molecule has 1 amide bonds. The van der Waals surface area contributed by atoms with Crippen molar-refractivity contribution in [3.05, 3.63) is 30.1 Å². The number of nitrogens with zero attached hydrogens (tertiary/aromatic N) is 4. The van der Waals surface area contributed by atoms with Crippen LogP contribution in [0.15, 0.2) is 24.4 Å². The zero-order valence-corrected chi connectivity index (χ0v) is 15.2. The van der Waals surface area contributed by atoms with E-state index in [2.05, 4.69) is 48.0 Å². The number of amides is 1. The van der Waals surface area contributed by atoms with Crippen LogP contribution >= 0.6 is 0 Å². The first-order valence-corrected chi connectivity index (χ1v) is 8.50. The number of hydrogen-bond acceptors (Lipinski definition) is 4. The molecule has 0 spiro atoms. The van der Waals surface area contributed by atoms with Crippen molar-refractivity contribution in [1.29, 1.82) is 0 Å². The van der Waals surface area contributed by atoms with Gasteiger partial charge in [0.25, 0.3) is 5.91 Å². The Hall–Kier alpha value is -1.92. The Bertz CT molecular complexity index is 636. The summed E-state index contributed by atoms with van der Waals surface area (Å²) in [6.45, 7) is 3.46. The number of aromatic nitrogens is 2. The molecule has 24 heavy (non-hydrogen) atoms. The summed E-state index contributed by atoms with van der Waals surface area (Å²) in [5.74, 6) is 0.0176. The lowest BCUT2D eigenvalue weighted by atomic mass is 10.2. The molecule has 0 aliphatic heterocycles. The second-order valence-corrected chi connectivity index (χ2v) is 6.72. The SMILES string of the molecule is CN(C)CCCN(CCCN(C)C)C(=O)c1ccc2cc[nH]c2n1. The van der Waals surface area contributed by atoms with E-state index >= 15 is 0 Å². The molecular formula is C18H29N5O. The first-order chi connectivity index (χ1) is 11.5.